The maximum Gasteiger partial charge on any atom is 0.275 e. The quantitative estimate of drug-likeness (QED) is 0.899. The van der Waals surface area contributed by atoms with Gasteiger partial charge in [-0.1, -0.05) is 23.2 Å². The number of anilines is 2. The van der Waals surface area contributed by atoms with E-state index in [9.17, 15) is 4.79 Å². The van der Waals surface area contributed by atoms with Crippen molar-refractivity contribution in [2.75, 3.05) is 24.8 Å². The van der Waals surface area contributed by atoms with Gasteiger partial charge in [-0.2, -0.15) is 0 Å². The van der Waals surface area contributed by atoms with Crippen molar-refractivity contribution in [2.24, 2.45) is 0 Å². The van der Waals surface area contributed by atoms with Crippen molar-refractivity contribution >= 4 is 40.6 Å². The zero-order valence-electron chi connectivity index (χ0n) is 11.4. The highest BCUT2D eigenvalue weighted by atomic mass is 35.5. The maximum atomic E-state index is 12.2. The van der Waals surface area contributed by atoms with Crippen molar-refractivity contribution in [3.05, 3.63) is 46.1 Å². The third-order valence-electron chi connectivity index (χ3n) is 2.73. The molecule has 0 aliphatic carbocycles. The minimum absolute atomic E-state index is 0.137. The number of aromatic nitrogens is 1. The predicted octanol–water partition coefficient (Wildman–Crippen LogP) is 3.69. The molecule has 0 atom stereocenters. The van der Waals surface area contributed by atoms with Crippen LogP contribution in [0.2, 0.25) is 10.0 Å². The van der Waals surface area contributed by atoms with E-state index >= 15 is 0 Å². The summed E-state index contributed by atoms with van der Waals surface area (Å²) in [6, 6.07) is 8.21. The van der Waals surface area contributed by atoms with Crippen molar-refractivity contribution in [1.82, 2.24) is 4.98 Å². The third kappa shape index (κ3) is 3.56. The fourth-order valence-corrected chi connectivity index (χ4v) is 2.05. The van der Waals surface area contributed by atoms with Crippen molar-refractivity contribution in [3.8, 4) is 5.75 Å². The Morgan fingerprint density at radius 3 is 2.57 bits per heavy atom. The second kappa shape index (κ2) is 6.65. The number of methoxy groups -OCH3 is 1. The molecule has 0 aliphatic heterocycles. The van der Waals surface area contributed by atoms with Crippen LogP contribution >= 0.6 is 23.2 Å². The van der Waals surface area contributed by atoms with Crippen molar-refractivity contribution in [2.45, 2.75) is 0 Å². The highest BCUT2D eigenvalue weighted by Gasteiger charge is 2.14. The lowest BCUT2D eigenvalue weighted by Gasteiger charge is -2.09. The van der Waals surface area contributed by atoms with Gasteiger partial charge in [0.05, 0.1) is 17.2 Å². The average molecular weight is 326 g/mol. The van der Waals surface area contributed by atoms with Crippen LogP contribution in [0.3, 0.4) is 0 Å². The third-order valence-corrected chi connectivity index (χ3v) is 3.34. The monoisotopic (exact) mass is 325 g/mol. The number of ether oxygens (including phenoxy) is 1. The molecule has 110 valence electrons. The van der Waals surface area contributed by atoms with E-state index in [0.29, 0.717) is 22.3 Å². The van der Waals surface area contributed by atoms with Crippen LogP contribution in [0.1, 0.15) is 10.5 Å². The Morgan fingerprint density at radius 1 is 1.19 bits per heavy atom. The van der Waals surface area contributed by atoms with Crippen LogP contribution in [0.4, 0.5) is 11.5 Å². The van der Waals surface area contributed by atoms with E-state index in [1.165, 1.54) is 7.11 Å². The first-order valence-electron chi connectivity index (χ1n) is 6.04. The van der Waals surface area contributed by atoms with Gasteiger partial charge in [0, 0.05) is 18.8 Å². The van der Waals surface area contributed by atoms with Gasteiger partial charge in [0.1, 0.15) is 17.3 Å². The first-order valence-corrected chi connectivity index (χ1v) is 6.80. The Labute approximate surface area is 132 Å². The second-order valence-corrected chi connectivity index (χ2v) is 4.89. The molecule has 0 fully saturated rings. The van der Waals surface area contributed by atoms with Gasteiger partial charge in [-0.25, -0.2) is 4.98 Å². The van der Waals surface area contributed by atoms with Gasteiger partial charge < -0.3 is 15.4 Å². The molecule has 0 spiro atoms. The Bertz CT molecular complexity index is 677. The van der Waals surface area contributed by atoms with Crippen LogP contribution in [-0.4, -0.2) is 25.0 Å². The lowest BCUT2D eigenvalue weighted by atomic mass is 10.2. The second-order valence-electron chi connectivity index (χ2n) is 4.08. The Morgan fingerprint density at radius 2 is 1.90 bits per heavy atom. The number of rotatable bonds is 4. The summed E-state index contributed by atoms with van der Waals surface area (Å²) in [6.45, 7) is 0. The smallest absolute Gasteiger partial charge is 0.275 e. The molecular formula is C14H13Cl2N3O2. The van der Waals surface area contributed by atoms with Gasteiger partial charge in [-0.3, -0.25) is 4.79 Å². The molecule has 0 radical (unpaired) electrons. The van der Waals surface area contributed by atoms with E-state index in [1.807, 2.05) is 0 Å². The molecule has 1 aromatic heterocycles. The highest BCUT2D eigenvalue weighted by molar-refractivity contribution is 6.34. The van der Waals surface area contributed by atoms with E-state index in [4.69, 9.17) is 27.9 Å². The van der Waals surface area contributed by atoms with Crippen LogP contribution in [0.25, 0.3) is 0 Å². The van der Waals surface area contributed by atoms with E-state index in [0.717, 1.165) is 0 Å². The first-order chi connectivity index (χ1) is 10.0. The van der Waals surface area contributed by atoms with E-state index < -0.39 is 5.91 Å². The van der Waals surface area contributed by atoms with Crippen LogP contribution in [0.15, 0.2) is 30.3 Å². The number of pyridine rings is 1. The molecule has 2 aromatic rings. The molecular weight excluding hydrogens is 313 g/mol. The van der Waals surface area contributed by atoms with Crippen molar-refractivity contribution < 1.29 is 9.53 Å². The van der Waals surface area contributed by atoms with Gasteiger partial charge >= 0.3 is 0 Å². The topological polar surface area (TPSA) is 63.2 Å². The first kappa shape index (κ1) is 15.4. The van der Waals surface area contributed by atoms with Gasteiger partial charge in [0.15, 0.2) is 0 Å². The van der Waals surface area contributed by atoms with Gasteiger partial charge in [-0.15, -0.1) is 0 Å². The summed E-state index contributed by atoms with van der Waals surface area (Å²) in [7, 11) is 3.21. The Balaban J connectivity index is 2.25. The van der Waals surface area contributed by atoms with Gasteiger partial charge in [0.2, 0.25) is 0 Å². The average Bonchev–Trinajstić information content (AvgIpc) is 2.49. The molecule has 0 unspecified atom stereocenters. The lowest BCUT2D eigenvalue weighted by Crippen LogP contribution is -2.15. The minimum Gasteiger partial charge on any atom is -0.495 e. The molecule has 0 saturated heterocycles. The summed E-state index contributed by atoms with van der Waals surface area (Å²) in [6.07, 6.45) is 0. The molecule has 0 saturated carbocycles. The number of amides is 1. The number of halogens is 2. The Hall–Kier alpha value is -1.98. The summed E-state index contributed by atoms with van der Waals surface area (Å²) in [5.41, 5.74) is 0.673. The van der Waals surface area contributed by atoms with Crippen LogP contribution in [0, 0.1) is 0 Å². The van der Waals surface area contributed by atoms with E-state index in [1.54, 1.807) is 37.4 Å². The zero-order chi connectivity index (χ0) is 15.4. The molecule has 0 bridgehead atoms. The summed E-state index contributed by atoms with van der Waals surface area (Å²) in [4.78, 5) is 16.4. The molecule has 0 aliphatic rings. The molecule has 1 amide bonds. The normalized spacial score (nSPS) is 10.1. The number of carbonyl (C=O) groups is 1. The standard InChI is InChI=1S/C14H13Cl2N3O2/c1-17-12-6-5-10(16)13(19-12)14(20)18-8-3-4-9(15)11(7-8)21-2/h3-7H,1-2H3,(H,17,19)(H,18,20). The largest absolute Gasteiger partial charge is 0.495 e. The highest BCUT2D eigenvalue weighted by Crippen LogP contribution is 2.28. The van der Waals surface area contributed by atoms with Crippen molar-refractivity contribution in [3.63, 3.8) is 0 Å². The number of nitrogens with zero attached hydrogens (tertiary/aromatic N) is 1. The molecule has 2 rings (SSSR count). The fraction of sp³-hybridized carbons (Fsp3) is 0.143. The molecule has 7 heteroatoms. The number of hydrogen-bond donors (Lipinski definition) is 2. The van der Waals surface area contributed by atoms with E-state index in [-0.39, 0.29) is 10.7 Å². The molecule has 1 heterocycles. The molecule has 21 heavy (non-hydrogen) atoms. The van der Waals surface area contributed by atoms with Crippen molar-refractivity contribution in [1.29, 1.82) is 0 Å². The van der Waals surface area contributed by atoms with E-state index in [2.05, 4.69) is 15.6 Å². The predicted molar refractivity (Wildman–Crippen MR) is 84.8 cm³/mol. The summed E-state index contributed by atoms with van der Waals surface area (Å²) < 4.78 is 5.10. The number of hydrogen-bond acceptors (Lipinski definition) is 4. The molecule has 2 N–H and O–H groups in total. The Kier molecular flexibility index (Phi) is 4.88. The number of nitrogens with one attached hydrogen (secondary N) is 2. The molecule has 1 aromatic carbocycles. The van der Waals surface area contributed by atoms with Gasteiger partial charge in [0.25, 0.3) is 5.91 Å². The van der Waals surface area contributed by atoms with Crippen LogP contribution in [-0.2, 0) is 0 Å². The fourth-order valence-electron chi connectivity index (χ4n) is 1.67. The maximum absolute atomic E-state index is 12.2. The summed E-state index contributed by atoms with van der Waals surface area (Å²) in [5, 5.41) is 6.28. The zero-order valence-corrected chi connectivity index (χ0v) is 12.9. The van der Waals surface area contributed by atoms with Crippen LogP contribution in [0.5, 0.6) is 5.75 Å². The number of benzene rings is 1. The molecule has 5 nitrogen and oxygen atoms in total. The van der Waals surface area contributed by atoms with Crippen LogP contribution < -0.4 is 15.4 Å². The SMILES string of the molecule is CNc1ccc(Cl)c(C(=O)Nc2ccc(Cl)c(OC)c2)n1. The number of carbonyl (C=O) groups excluding carboxylic acids is 1. The van der Waals surface area contributed by atoms with Gasteiger partial charge in [-0.05, 0) is 24.3 Å². The summed E-state index contributed by atoms with van der Waals surface area (Å²) >= 11 is 11.9. The minimum atomic E-state index is -0.415. The lowest BCUT2D eigenvalue weighted by molar-refractivity contribution is 0.102. The summed E-state index contributed by atoms with van der Waals surface area (Å²) in [5.74, 6) is 0.609.